The van der Waals surface area contributed by atoms with Gasteiger partial charge in [-0.25, -0.2) is 13.8 Å². The summed E-state index contributed by atoms with van der Waals surface area (Å²) in [6.45, 7) is 1.40. The van der Waals surface area contributed by atoms with E-state index in [4.69, 9.17) is 10.00 Å². The molecule has 0 atom stereocenters. The summed E-state index contributed by atoms with van der Waals surface area (Å²) in [4.78, 5) is 12.6. The second-order valence-electron chi connectivity index (χ2n) is 6.97. The van der Waals surface area contributed by atoms with Gasteiger partial charge in [0.15, 0.2) is 6.61 Å². The van der Waals surface area contributed by atoms with Crippen LogP contribution < -0.4 is 14.5 Å². The Kier molecular flexibility index (Phi) is 7.78. The first-order chi connectivity index (χ1) is 15.9. The lowest BCUT2D eigenvalue weighted by molar-refractivity contribution is -0.119. The molecule has 0 bridgehead atoms. The molecule has 3 aromatic rings. The molecule has 168 valence electrons. The topological polar surface area (TPSA) is 112 Å². The minimum Gasteiger partial charge on any atom is -0.479 e. The summed E-state index contributed by atoms with van der Waals surface area (Å²) in [6.07, 6.45) is 1.42. The fourth-order valence-corrected chi connectivity index (χ4v) is 4.30. The number of benzene rings is 3. The van der Waals surface area contributed by atoms with Crippen molar-refractivity contribution in [2.24, 2.45) is 5.10 Å². The molecule has 8 nitrogen and oxygen atoms in total. The number of hydrazone groups is 1. The van der Waals surface area contributed by atoms with Gasteiger partial charge in [-0.2, -0.15) is 10.4 Å². The lowest BCUT2D eigenvalue weighted by atomic mass is 10.2. The van der Waals surface area contributed by atoms with Crippen molar-refractivity contribution in [1.29, 1.82) is 5.26 Å². The maximum absolute atomic E-state index is 13.2. The summed E-state index contributed by atoms with van der Waals surface area (Å²) in [5.74, 6) is -0.0575. The number of anilines is 1. The molecular formula is C24H22N4O4S. The average Bonchev–Trinajstić information content (AvgIpc) is 2.83. The molecule has 1 amide bonds. The van der Waals surface area contributed by atoms with Gasteiger partial charge in [0.25, 0.3) is 15.9 Å². The predicted molar refractivity (Wildman–Crippen MR) is 125 cm³/mol. The van der Waals surface area contributed by atoms with Crippen LogP contribution in [0.15, 0.2) is 88.9 Å². The zero-order chi connectivity index (χ0) is 23.7. The minimum absolute atomic E-state index is 0.0487. The summed E-state index contributed by atoms with van der Waals surface area (Å²) in [7, 11) is -3.97. The van der Waals surface area contributed by atoms with Gasteiger partial charge in [-0.1, -0.05) is 35.9 Å². The quantitative estimate of drug-likeness (QED) is 0.388. The van der Waals surface area contributed by atoms with Gasteiger partial charge in [0.1, 0.15) is 18.4 Å². The average molecular weight is 463 g/mol. The number of ether oxygens (including phenoxy) is 1. The third-order valence-corrected chi connectivity index (χ3v) is 6.31. The van der Waals surface area contributed by atoms with Gasteiger partial charge in [-0.15, -0.1) is 0 Å². The standard InChI is InChI=1S/C24H22N4O4S/c1-19-7-11-21(12-8-19)28(33(30,31)23-5-3-2-4-6-23)18-24(29)27-26-17-20-9-13-22(14-10-20)32-16-15-25/h2-14,17H,16,18H2,1H3,(H,27,29)/b26-17-. The molecule has 0 radical (unpaired) electrons. The number of nitrogens with one attached hydrogen (secondary N) is 1. The summed E-state index contributed by atoms with van der Waals surface area (Å²) in [5, 5.41) is 12.4. The van der Waals surface area contributed by atoms with Crippen LogP contribution in [0, 0.1) is 18.3 Å². The first-order valence-electron chi connectivity index (χ1n) is 9.96. The Morgan fingerprint density at radius 3 is 2.36 bits per heavy atom. The van der Waals surface area contributed by atoms with Gasteiger partial charge in [0, 0.05) is 0 Å². The summed E-state index contributed by atoms with van der Waals surface area (Å²) >= 11 is 0. The molecule has 0 spiro atoms. The highest BCUT2D eigenvalue weighted by Gasteiger charge is 2.26. The molecule has 1 N–H and O–H groups in total. The van der Waals surface area contributed by atoms with E-state index in [0.717, 1.165) is 9.87 Å². The molecule has 0 aromatic heterocycles. The molecule has 0 saturated heterocycles. The molecule has 0 heterocycles. The van der Waals surface area contributed by atoms with Crippen molar-refractivity contribution >= 4 is 27.8 Å². The van der Waals surface area contributed by atoms with E-state index in [1.807, 2.05) is 13.0 Å². The molecule has 0 aliphatic heterocycles. The van der Waals surface area contributed by atoms with E-state index in [1.165, 1.54) is 18.3 Å². The molecule has 3 rings (SSSR count). The Hall–Kier alpha value is -4.16. The fourth-order valence-electron chi connectivity index (χ4n) is 2.86. The van der Waals surface area contributed by atoms with Crippen molar-refractivity contribution in [3.63, 3.8) is 0 Å². The van der Waals surface area contributed by atoms with Crippen molar-refractivity contribution < 1.29 is 17.9 Å². The highest BCUT2D eigenvalue weighted by molar-refractivity contribution is 7.92. The highest BCUT2D eigenvalue weighted by atomic mass is 32.2. The van der Waals surface area contributed by atoms with Gasteiger partial charge < -0.3 is 4.74 Å². The van der Waals surface area contributed by atoms with E-state index in [9.17, 15) is 13.2 Å². The minimum atomic E-state index is -3.97. The maximum Gasteiger partial charge on any atom is 0.264 e. The Bertz CT molecular complexity index is 1250. The second kappa shape index (κ2) is 10.9. The molecule has 3 aromatic carbocycles. The maximum atomic E-state index is 13.2. The molecule has 0 fully saturated rings. The first-order valence-corrected chi connectivity index (χ1v) is 11.4. The van der Waals surface area contributed by atoms with Gasteiger partial charge in [-0.3, -0.25) is 9.10 Å². The summed E-state index contributed by atoms with van der Waals surface area (Å²) in [5.41, 5.74) is 4.39. The Balaban J connectivity index is 1.73. The highest BCUT2D eigenvalue weighted by Crippen LogP contribution is 2.23. The summed E-state index contributed by atoms with van der Waals surface area (Å²) in [6, 6.07) is 23.5. The van der Waals surface area contributed by atoms with Crippen LogP contribution >= 0.6 is 0 Å². The van der Waals surface area contributed by atoms with E-state index < -0.39 is 22.5 Å². The third-order valence-electron chi connectivity index (χ3n) is 4.53. The molecule has 0 aliphatic rings. The monoisotopic (exact) mass is 462 g/mol. The fraction of sp³-hybridized carbons (Fsp3) is 0.125. The van der Waals surface area contributed by atoms with E-state index in [2.05, 4.69) is 10.5 Å². The number of carbonyl (C=O) groups is 1. The van der Waals surface area contributed by atoms with Crippen LogP contribution in [0.2, 0.25) is 0 Å². The SMILES string of the molecule is Cc1ccc(N(CC(=O)N/N=C\c2ccc(OCC#N)cc2)S(=O)(=O)c2ccccc2)cc1. The predicted octanol–water partition coefficient (Wildman–Crippen LogP) is 3.24. The van der Waals surface area contributed by atoms with Crippen LogP contribution in [0.3, 0.4) is 0 Å². The number of carbonyl (C=O) groups excluding carboxylic acids is 1. The van der Waals surface area contributed by atoms with Gasteiger partial charge in [-0.05, 0) is 61.0 Å². The van der Waals surface area contributed by atoms with Crippen LogP contribution in [0.1, 0.15) is 11.1 Å². The number of nitriles is 1. The van der Waals surface area contributed by atoms with Crippen molar-refractivity contribution in [2.45, 2.75) is 11.8 Å². The van der Waals surface area contributed by atoms with Crippen molar-refractivity contribution in [3.05, 3.63) is 90.0 Å². The molecule has 0 aliphatic carbocycles. The van der Waals surface area contributed by atoms with E-state index in [0.29, 0.717) is 17.0 Å². The normalized spacial score (nSPS) is 11.0. The first kappa shape index (κ1) is 23.5. The van der Waals surface area contributed by atoms with Crippen LogP contribution in [-0.2, 0) is 14.8 Å². The smallest absolute Gasteiger partial charge is 0.264 e. The number of amides is 1. The second-order valence-corrected chi connectivity index (χ2v) is 8.83. The Morgan fingerprint density at radius 2 is 1.73 bits per heavy atom. The number of sulfonamides is 1. The number of hydrogen-bond donors (Lipinski definition) is 1. The van der Waals surface area contributed by atoms with Crippen molar-refractivity contribution in [3.8, 4) is 11.8 Å². The van der Waals surface area contributed by atoms with Crippen molar-refractivity contribution in [2.75, 3.05) is 17.5 Å². The van der Waals surface area contributed by atoms with Crippen LogP contribution in [0.5, 0.6) is 5.75 Å². The zero-order valence-electron chi connectivity index (χ0n) is 17.9. The molecular weight excluding hydrogens is 440 g/mol. The van der Waals surface area contributed by atoms with E-state index in [1.54, 1.807) is 66.7 Å². The number of rotatable bonds is 9. The molecule has 9 heteroatoms. The van der Waals surface area contributed by atoms with Crippen LogP contribution in [-0.4, -0.2) is 33.7 Å². The van der Waals surface area contributed by atoms with Crippen LogP contribution in [0.4, 0.5) is 5.69 Å². The molecule has 0 saturated carbocycles. The zero-order valence-corrected chi connectivity index (χ0v) is 18.7. The summed E-state index contributed by atoms with van der Waals surface area (Å²) < 4.78 is 32.7. The van der Waals surface area contributed by atoms with Crippen LogP contribution in [0.25, 0.3) is 0 Å². The third kappa shape index (κ3) is 6.41. The molecule has 33 heavy (non-hydrogen) atoms. The van der Waals surface area contributed by atoms with Gasteiger partial charge >= 0.3 is 0 Å². The number of nitrogens with zero attached hydrogens (tertiary/aromatic N) is 3. The lowest BCUT2D eigenvalue weighted by Crippen LogP contribution is -2.39. The molecule has 0 unspecified atom stereocenters. The van der Waals surface area contributed by atoms with Gasteiger partial charge in [0.05, 0.1) is 16.8 Å². The number of aryl methyl sites for hydroxylation is 1. The van der Waals surface area contributed by atoms with Crippen molar-refractivity contribution in [1.82, 2.24) is 5.43 Å². The number of hydrogen-bond acceptors (Lipinski definition) is 6. The van der Waals surface area contributed by atoms with E-state index >= 15 is 0 Å². The Labute approximate surface area is 192 Å². The van der Waals surface area contributed by atoms with E-state index in [-0.39, 0.29) is 11.5 Å². The lowest BCUT2D eigenvalue weighted by Gasteiger charge is -2.23. The van der Waals surface area contributed by atoms with Gasteiger partial charge in [0.2, 0.25) is 0 Å². The Morgan fingerprint density at radius 1 is 1.06 bits per heavy atom. The largest absolute Gasteiger partial charge is 0.479 e.